The third-order valence-electron chi connectivity index (χ3n) is 6.17. The first-order valence-electron chi connectivity index (χ1n) is 10.9. The molecule has 2 saturated heterocycles. The number of halogens is 1. The lowest BCUT2D eigenvalue weighted by molar-refractivity contribution is -0.158. The predicted molar refractivity (Wildman–Crippen MR) is 118 cm³/mol. The molecule has 2 heterocycles. The fraction of sp³-hybridized carbons (Fsp3) is 0.375. The first-order chi connectivity index (χ1) is 15.4. The Labute approximate surface area is 186 Å². The third-order valence-corrected chi connectivity index (χ3v) is 6.17. The lowest BCUT2D eigenvalue weighted by atomic mass is 10.0. The van der Waals surface area contributed by atoms with E-state index in [-0.39, 0.29) is 17.9 Å². The van der Waals surface area contributed by atoms with Gasteiger partial charge < -0.3 is 20.0 Å². The summed E-state index contributed by atoms with van der Waals surface area (Å²) in [4.78, 5) is 42.8. The van der Waals surface area contributed by atoms with Crippen molar-refractivity contribution in [1.29, 1.82) is 0 Å². The smallest absolute Gasteiger partial charge is 0.321 e. The van der Waals surface area contributed by atoms with Crippen LogP contribution in [-0.4, -0.2) is 64.8 Å². The highest BCUT2D eigenvalue weighted by Gasteiger charge is 2.38. The highest BCUT2D eigenvalue weighted by Crippen LogP contribution is 2.22. The predicted octanol–water partition coefficient (Wildman–Crippen LogP) is 3.00. The van der Waals surface area contributed by atoms with E-state index in [2.05, 4.69) is 5.32 Å². The van der Waals surface area contributed by atoms with Crippen LogP contribution in [0.25, 0.3) is 0 Å². The summed E-state index contributed by atoms with van der Waals surface area (Å²) in [6.07, 6.45) is 1.21. The number of hydrogen-bond acceptors (Lipinski definition) is 3. The quantitative estimate of drug-likeness (QED) is 0.746. The molecule has 0 saturated carbocycles. The molecule has 32 heavy (non-hydrogen) atoms. The molecule has 168 valence electrons. The number of piperidine rings is 1. The molecule has 0 radical (unpaired) electrons. The lowest BCUT2D eigenvalue weighted by Crippen LogP contribution is -2.59. The maximum Gasteiger partial charge on any atom is 0.321 e. The van der Waals surface area contributed by atoms with Crippen LogP contribution in [0, 0.1) is 12.7 Å². The SMILES string of the molecule is Cc1ccc(NC(=O)N2CCC(N3CCN(Cc4ccccc4)C(=O)C3=O)CC2)cc1F. The van der Waals surface area contributed by atoms with Crippen molar-refractivity contribution in [3.8, 4) is 0 Å². The van der Waals surface area contributed by atoms with Crippen molar-refractivity contribution in [3.63, 3.8) is 0 Å². The normalized spacial score (nSPS) is 17.6. The molecule has 0 spiro atoms. The Balaban J connectivity index is 1.29. The van der Waals surface area contributed by atoms with E-state index in [9.17, 15) is 18.8 Å². The van der Waals surface area contributed by atoms with Gasteiger partial charge in [-0.25, -0.2) is 9.18 Å². The summed E-state index contributed by atoms with van der Waals surface area (Å²) in [7, 11) is 0. The van der Waals surface area contributed by atoms with Crippen LogP contribution in [0.4, 0.5) is 14.9 Å². The van der Waals surface area contributed by atoms with Gasteiger partial charge in [0.1, 0.15) is 5.82 Å². The number of nitrogens with one attached hydrogen (secondary N) is 1. The van der Waals surface area contributed by atoms with Crippen molar-refractivity contribution in [1.82, 2.24) is 14.7 Å². The fourth-order valence-electron chi connectivity index (χ4n) is 4.25. The molecular formula is C24H27FN4O3. The zero-order valence-corrected chi connectivity index (χ0v) is 18.1. The second-order valence-electron chi connectivity index (χ2n) is 8.32. The average molecular weight is 439 g/mol. The van der Waals surface area contributed by atoms with E-state index >= 15 is 0 Å². The van der Waals surface area contributed by atoms with Gasteiger partial charge in [0.2, 0.25) is 0 Å². The maximum atomic E-state index is 13.7. The van der Waals surface area contributed by atoms with Gasteiger partial charge in [0.15, 0.2) is 0 Å². The van der Waals surface area contributed by atoms with Gasteiger partial charge in [-0.1, -0.05) is 36.4 Å². The number of hydrogen-bond donors (Lipinski definition) is 1. The van der Waals surface area contributed by atoms with E-state index in [1.807, 2.05) is 30.3 Å². The Bertz CT molecular complexity index is 1010. The Morgan fingerprint density at radius 3 is 2.41 bits per heavy atom. The van der Waals surface area contributed by atoms with Crippen LogP contribution in [0.3, 0.4) is 0 Å². The van der Waals surface area contributed by atoms with Crippen molar-refractivity contribution in [2.45, 2.75) is 32.4 Å². The van der Waals surface area contributed by atoms with Crippen LogP contribution in [0.5, 0.6) is 0 Å². The number of aryl methyl sites for hydroxylation is 1. The first kappa shape index (κ1) is 21.8. The number of nitrogens with zero attached hydrogens (tertiary/aromatic N) is 3. The molecule has 1 N–H and O–H groups in total. The minimum absolute atomic E-state index is 0.0637. The van der Waals surface area contributed by atoms with Crippen molar-refractivity contribution >= 4 is 23.5 Å². The summed E-state index contributed by atoms with van der Waals surface area (Å²) in [6, 6.07) is 13.9. The minimum Gasteiger partial charge on any atom is -0.330 e. The van der Waals surface area contributed by atoms with Crippen LogP contribution in [0.2, 0.25) is 0 Å². The molecule has 2 fully saturated rings. The van der Waals surface area contributed by atoms with E-state index < -0.39 is 11.8 Å². The van der Waals surface area contributed by atoms with Crippen molar-refractivity contribution in [3.05, 3.63) is 65.5 Å². The number of carbonyl (C=O) groups excluding carboxylic acids is 3. The molecule has 2 aromatic rings. The van der Waals surface area contributed by atoms with E-state index in [4.69, 9.17) is 0 Å². The Hall–Kier alpha value is -3.42. The standard InChI is InChI=1S/C24H27FN4O3/c1-17-7-8-19(15-21(17)25)26-24(32)27-11-9-20(10-12-27)29-14-13-28(22(30)23(29)31)16-18-5-3-2-4-6-18/h2-8,15,20H,9-14,16H2,1H3,(H,26,32). The Kier molecular flexibility index (Phi) is 6.39. The summed E-state index contributed by atoms with van der Waals surface area (Å²) >= 11 is 0. The van der Waals surface area contributed by atoms with Gasteiger partial charge >= 0.3 is 17.8 Å². The number of piperazine rings is 1. The molecule has 2 aliphatic rings. The van der Waals surface area contributed by atoms with Gasteiger partial charge in [0.25, 0.3) is 0 Å². The number of benzene rings is 2. The Morgan fingerprint density at radius 2 is 1.72 bits per heavy atom. The molecule has 0 atom stereocenters. The molecule has 0 aromatic heterocycles. The zero-order chi connectivity index (χ0) is 22.7. The third kappa shape index (κ3) is 4.74. The molecule has 4 rings (SSSR count). The molecule has 7 nitrogen and oxygen atoms in total. The largest absolute Gasteiger partial charge is 0.330 e. The van der Waals surface area contributed by atoms with Gasteiger partial charge in [0.05, 0.1) is 0 Å². The minimum atomic E-state index is -0.471. The number of carbonyl (C=O) groups is 3. The second-order valence-corrected chi connectivity index (χ2v) is 8.32. The monoisotopic (exact) mass is 438 g/mol. The fourth-order valence-corrected chi connectivity index (χ4v) is 4.25. The topological polar surface area (TPSA) is 73.0 Å². The molecular weight excluding hydrogens is 411 g/mol. The summed E-state index contributed by atoms with van der Waals surface area (Å²) < 4.78 is 13.7. The summed E-state index contributed by atoms with van der Waals surface area (Å²) in [5, 5.41) is 2.72. The molecule has 0 unspecified atom stereocenters. The molecule has 2 aromatic carbocycles. The van der Waals surface area contributed by atoms with Gasteiger partial charge in [-0.05, 0) is 43.0 Å². The summed E-state index contributed by atoms with van der Waals surface area (Å²) in [5.41, 5.74) is 1.93. The van der Waals surface area contributed by atoms with Gasteiger partial charge in [0, 0.05) is 44.5 Å². The van der Waals surface area contributed by atoms with Crippen molar-refractivity contribution in [2.75, 3.05) is 31.5 Å². The number of amides is 4. The second kappa shape index (κ2) is 9.38. The number of rotatable bonds is 4. The van der Waals surface area contributed by atoms with Crippen LogP contribution in [0.1, 0.15) is 24.0 Å². The molecule has 4 amide bonds. The molecule has 0 bridgehead atoms. The summed E-state index contributed by atoms with van der Waals surface area (Å²) in [6.45, 7) is 4.03. The molecule has 8 heteroatoms. The molecule has 2 aliphatic heterocycles. The van der Waals surface area contributed by atoms with Crippen LogP contribution in [0.15, 0.2) is 48.5 Å². The van der Waals surface area contributed by atoms with Crippen LogP contribution >= 0.6 is 0 Å². The maximum absolute atomic E-state index is 13.7. The Morgan fingerprint density at radius 1 is 1.00 bits per heavy atom. The van der Waals surface area contributed by atoms with Crippen molar-refractivity contribution < 1.29 is 18.8 Å². The first-order valence-corrected chi connectivity index (χ1v) is 10.9. The van der Waals surface area contributed by atoms with Crippen LogP contribution < -0.4 is 5.32 Å². The van der Waals surface area contributed by atoms with E-state index in [1.54, 1.807) is 33.8 Å². The van der Waals surface area contributed by atoms with E-state index in [1.165, 1.54) is 6.07 Å². The van der Waals surface area contributed by atoms with E-state index in [0.717, 1.165) is 5.56 Å². The van der Waals surface area contributed by atoms with Gasteiger partial charge in [-0.2, -0.15) is 0 Å². The highest BCUT2D eigenvalue weighted by atomic mass is 19.1. The highest BCUT2D eigenvalue weighted by molar-refractivity contribution is 6.35. The molecule has 0 aliphatic carbocycles. The van der Waals surface area contributed by atoms with E-state index in [0.29, 0.717) is 56.8 Å². The summed E-state index contributed by atoms with van der Waals surface area (Å²) in [5.74, 6) is -1.30. The van der Waals surface area contributed by atoms with Gasteiger partial charge in [-0.3, -0.25) is 9.59 Å². The van der Waals surface area contributed by atoms with Gasteiger partial charge in [-0.15, -0.1) is 0 Å². The number of anilines is 1. The lowest BCUT2D eigenvalue weighted by Gasteiger charge is -2.42. The average Bonchev–Trinajstić information content (AvgIpc) is 2.80. The number of urea groups is 1. The van der Waals surface area contributed by atoms with Crippen molar-refractivity contribution in [2.24, 2.45) is 0 Å². The zero-order valence-electron chi connectivity index (χ0n) is 18.1. The number of likely N-dealkylation sites (tertiary alicyclic amines) is 1. The van der Waals surface area contributed by atoms with Crippen LogP contribution in [-0.2, 0) is 16.1 Å².